The Bertz CT molecular complexity index is 773. The second-order valence-corrected chi connectivity index (χ2v) is 4.60. The SMILES string of the molecule is FC(F)Oc1ccccc1-n1c(CCl)nc2ccccc21. The molecule has 0 atom stereocenters. The number of benzene rings is 2. The number of ether oxygens (including phenoxy) is 1. The van der Waals surface area contributed by atoms with Crippen molar-refractivity contribution in [3.8, 4) is 11.4 Å². The number of fused-ring (bicyclic) bond motifs is 1. The second kappa shape index (κ2) is 5.69. The van der Waals surface area contributed by atoms with Gasteiger partial charge in [-0.3, -0.25) is 4.57 Å². The third-order valence-corrected chi connectivity index (χ3v) is 3.31. The van der Waals surface area contributed by atoms with Crippen LogP contribution in [-0.2, 0) is 5.88 Å². The van der Waals surface area contributed by atoms with Crippen LogP contribution in [0.2, 0.25) is 0 Å². The summed E-state index contributed by atoms with van der Waals surface area (Å²) in [6.07, 6.45) is 0. The molecule has 0 N–H and O–H groups in total. The number of para-hydroxylation sites is 4. The quantitative estimate of drug-likeness (QED) is 0.669. The monoisotopic (exact) mass is 308 g/mol. The van der Waals surface area contributed by atoms with Crippen LogP contribution in [0.25, 0.3) is 16.7 Å². The fraction of sp³-hybridized carbons (Fsp3) is 0.133. The molecule has 0 aliphatic heterocycles. The molecule has 3 aromatic rings. The van der Waals surface area contributed by atoms with Crippen molar-refractivity contribution in [1.29, 1.82) is 0 Å². The topological polar surface area (TPSA) is 27.1 Å². The lowest BCUT2D eigenvalue weighted by Gasteiger charge is -2.13. The van der Waals surface area contributed by atoms with Crippen molar-refractivity contribution in [2.45, 2.75) is 12.5 Å². The molecule has 0 fully saturated rings. The molecule has 0 aliphatic carbocycles. The molecule has 0 amide bonds. The fourth-order valence-corrected chi connectivity index (χ4v) is 2.45. The highest BCUT2D eigenvalue weighted by molar-refractivity contribution is 6.17. The summed E-state index contributed by atoms with van der Waals surface area (Å²) in [5, 5.41) is 0. The molecule has 2 aromatic carbocycles. The van der Waals surface area contributed by atoms with Gasteiger partial charge in [0.2, 0.25) is 0 Å². The Morgan fingerprint density at radius 2 is 1.81 bits per heavy atom. The van der Waals surface area contributed by atoms with Gasteiger partial charge < -0.3 is 4.74 Å². The molecule has 1 aromatic heterocycles. The summed E-state index contributed by atoms with van der Waals surface area (Å²) < 4.78 is 31.5. The van der Waals surface area contributed by atoms with E-state index in [1.807, 2.05) is 24.3 Å². The Hall–Kier alpha value is -2.14. The smallest absolute Gasteiger partial charge is 0.387 e. The van der Waals surface area contributed by atoms with Crippen LogP contribution in [0.5, 0.6) is 5.75 Å². The van der Waals surface area contributed by atoms with Gasteiger partial charge in [0.1, 0.15) is 11.6 Å². The van der Waals surface area contributed by atoms with E-state index in [1.54, 1.807) is 22.8 Å². The number of aromatic nitrogens is 2. The van der Waals surface area contributed by atoms with Crippen LogP contribution >= 0.6 is 11.6 Å². The molecule has 1 heterocycles. The minimum atomic E-state index is -2.89. The van der Waals surface area contributed by atoms with E-state index in [0.717, 1.165) is 11.0 Å². The molecule has 3 rings (SSSR count). The highest BCUT2D eigenvalue weighted by Crippen LogP contribution is 2.30. The van der Waals surface area contributed by atoms with Gasteiger partial charge in [-0.15, -0.1) is 11.6 Å². The summed E-state index contributed by atoms with van der Waals surface area (Å²) in [4.78, 5) is 4.42. The van der Waals surface area contributed by atoms with Gasteiger partial charge in [-0.25, -0.2) is 4.98 Å². The Morgan fingerprint density at radius 1 is 1.10 bits per heavy atom. The highest BCUT2D eigenvalue weighted by Gasteiger charge is 2.16. The summed E-state index contributed by atoms with van der Waals surface area (Å²) in [6.45, 7) is -2.89. The largest absolute Gasteiger partial charge is 0.433 e. The van der Waals surface area contributed by atoms with Gasteiger partial charge >= 0.3 is 6.61 Å². The molecule has 0 saturated carbocycles. The van der Waals surface area contributed by atoms with E-state index < -0.39 is 6.61 Å². The number of nitrogens with zero attached hydrogens (tertiary/aromatic N) is 2. The van der Waals surface area contributed by atoms with Crippen LogP contribution in [-0.4, -0.2) is 16.2 Å². The molecule has 0 saturated heterocycles. The van der Waals surface area contributed by atoms with E-state index in [-0.39, 0.29) is 11.6 Å². The molecule has 3 nitrogen and oxygen atoms in total. The van der Waals surface area contributed by atoms with Crippen LogP contribution in [0.4, 0.5) is 8.78 Å². The van der Waals surface area contributed by atoms with Gasteiger partial charge in [0.05, 0.1) is 22.6 Å². The Balaban J connectivity index is 2.25. The third kappa shape index (κ3) is 2.56. The standard InChI is InChI=1S/C15H11ClF2N2O/c16-9-14-19-10-5-1-2-6-11(10)20(14)12-7-3-4-8-13(12)21-15(17)18/h1-8,15H,9H2. The number of alkyl halides is 3. The highest BCUT2D eigenvalue weighted by atomic mass is 35.5. The maximum Gasteiger partial charge on any atom is 0.387 e. The first kappa shape index (κ1) is 13.8. The van der Waals surface area contributed by atoms with Crippen molar-refractivity contribution in [1.82, 2.24) is 9.55 Å². The number of imidazole rings is 1. The first-order valence-electron chi connectivity index (χ1n) is 6.27. The average molecular weight is 309 g/mol. The lowest BCUT2D eigenvalue weighted by molar-refractivity contribution is -0.0498. The Labute approximate surface area is 124 Å². The van der Waals surface area contributed by atoms with Gasteiger partial charge in [-0.2, -0.15) is 8.78 Å². The normalized spacial score (nSPS) is 11.2. The van der Waals surface area contributed by atoms with Crippen molar-refractivity contribution in [3.63, 3.8) is 0 Å². The summed E-state index contributed by atoms with van der Waals surface area (Å²) in [5.41, 5.74) is 2.03. The van der Waals surface area contributed by atoms with E-state index in [1.165, 1.54) is 6.07 Å². The molecular formula is C15H11ClF2N2O. The minimum Gasteiger partial charge on any atom is -0.433 e. The van der Waals surface area contributed by atoms with E-state index in [9.17, 15) is 8.78 Å². The molecule has 21 heavy (non-hydrogen) atoms. The van der Waals surface area contributed by atoms with Crippen molar-refractivity contribution in [2.75, 3.05) is 0 Å². The average Bonchev–Trinajstić information content (AvgIpc) is 2.85. The molecule has 0 radical (unpaired) electrons. The van der Waals surface area contributed by atoms with E-state index >= 15 is 0 Å². The van der Waals surface area contributed by atoms with E-state index in [0.29, 0.717) is 11.5 Å². The number of hydrogen-bond donors (Lipinski definition) is 0. The zero-order chi connectivity index (χ0) is 14.8. The van der Waals surface area contributed by atoms with Crippen molar-refractivity contribution in [3.05, 3.63) is 54.4 Å². The molecule has 0 unspecified atom stereocenters. The van der Waals surface area contributed by atoms with Gasteiger partial charge in [0, 0.05) is 0 Å². The fourth-order valence-electron chi connectivity index (χ4n) is 2.27. The Morgan fingerprint density at radius 3 is 2.57 bits per heavy atom. The zero-order valence-electron chi connectivity index (χ0n) is 10.8. The lowest BCUT2D eigenvalue weighted by Crippen LogP contribution is -2.07. The van der Waals surface area contributed by atoms with E-state index in [2.05, 4.69) is 9.72 Å². The second-order valence-electron chi connectivity index (χ2n) is 4.33. The maximum absolute atomic E-state index is 12.6. The van der Waals surface area contributed by atoms with Crippen LogP contribution in [0.3, 0.4) is 0 Å². The third-order valence-electron chi connectivity index (χ3n) is 3.07. The Kier molecular flexibility index (Phi) is 3.75. The number of halogens is 3. The molecule has 0 spiro atoms. The lowest BCUT2D eigenvalue weighted by atomic mass is 10.2. The molecule has 0 bridgehead atoms. The predicted octanol–water partition coefficient (Wildman–Crippen LogP) is 4.37. The molecule has 0 aliphatic rings. The van der Waals surface area contributed by atoms with Crippen molar-refractivity contribution < 1.29 is 13.5 Å². The van der Waals surface area contributed by atoms with Gasteiger partial charge in [0.15, 0.2) is 0 Å². The summed E-state index contributed by atoms with van der Waals surface area (Å²) in [5.74, 6) is 0.822. The summed E-state index contributed by atoms with van der Waals surface area (Å²) in [6, 6.07) is 14.0. The van der Waals surface area contributed by atoms with Gasteiger partial charge in [0.25, 0.3) is 0 Å². The molecule has 108 valence electrons. The molecular weight excluding hydrogens is 298 g/mol. The van der Waals surface area contributed by atoms with Crippen LogP contribution in [0.1, 0.15) is 5.82 Å². The van der Waals surface area contributed by atoms with Crippen LogP contribution in [0, 0.1) is 0 Å². The van der Waals surface area contributed by atoms with Gasteiger partial charge in [-0.05, 0) is 24.3 Å². The number of rotatable bonds is 4. The molecule has 6 heteroatoms. The summed E-state index contributed by atoms with van der Waals surface area (Å²) >= 11 is 5.94. The summed E-state index contributed by atoms with van der Waals surface area (Å²) in [7, 11) is 0. The first-order chi connectivity index (χ1) is 10.2. The number of hydrogen-bond acceptors (Lipinski definition) is 2. The first-order valence-corrected chi connectivity index (χ1v) is 6.80. The van der Waals surface area contributed by atoms with Crippen molar-refractivity contribution >= 4 is 22.6 Å². The van der Waals surface area contributed by atoms with Crippen molar-refractivity contribution in [2.24, 2.45) is 0 Å². The zero-order valence-corrected chi connectivity index (χ0v) is 11.6. The predicted molar refractivity (Wildman–Crippen MR) is 77.3 cm³/mol. The van der Waals surface area contributed by atoms with Crippen LogP contribution < -0.4 is 4.74 Å². The van der Waals surface area contributed by atoms with Gasteiger partial charge in [-0.1, -0.05) is 24.3 Å². The van der Waals surface area contributed by atoms with E-state index in [4.69, 9.17) is 11.6 Å². The maximum atomic E-state index is 12.6. The minimum absolute atomic E-state index is 0.0852. The van der Waals surface area contributed by atoms with Crippen LogP contribution in [0.15, 0.2) is 48.5 Å².